The Morgan fingerprint density at radius 2 is 1.74 bits per heavy atom. The minimum absolute atomic E-state index is 0.0208. The van der Waals surface area contributed by atoms with Gasteiger partial charge in [0.25, 0.3) is 0 Å². The number of rotatable bonds is 8. The van der Waals surface area contributed by atoms with E-state index in [0.29, 0.717) is 25.8 Å². The number of benzene rings is 2. The summed E-state index contributed by atoms with van der Waals surface area (Å²) >= 11 is 0. The number of carboxylic acids is 1. The number of aliphatic carboxylic acids is 1. The second-order valence-electron chi connectivity index (χ2n) is 9.15. The highest BCUT2D eigenvalue weighted by Gasteiger charge is 2.32. The van der Waals surface area contributed by atoms with Crippen molar-refractivity contribution in [2.75, 3.05) is 26.2 Å². The van der Waals surface area contributed by atoms with Crippen molar-refractivity contribution in [2.24, 2.45) is 11.8 Å². The van der Waals surface area contributed by atoms with Gasteiger partial charge in [0.15, 0.2) is 0 Å². The second kappa shape index (κ2) is 10.7. The summed E-state index contributed by atoms with van der Waals surface area (Å²) < 4.78 is 5.59. The number of fused-ring (bicyclic) bond motifs is 3. The van der Waals surface area contributed by atoms with Crippen LogP contribution in [0.5, 0.6) is 0 Å². The summed E-state index contributed by atoms with van der Waals surface area (Å²) in [5, 5.41) is 12.1. The summed E-state index contributed by atoms with van der Waals surface area (Å²) in [6, 6.07) is 16.3. The summed E-state index contributed by atoms with van der Waals surface area (Å²) in [7, 11) is 0. The largest absolute Gasteiger partial charge is 0.481 e. The minimum atomic E-state index is -0.860. The molecule has 1 unspecified atom stereocenters. The fourth-order valence-electron chi connectivity index (χ4n) is 5.15. The van der Waals surface area contributed by atoms with E-state index < -0.39 is 23.9 Å². The lowest BCUT2D eigenvalue weighted by atomic mass is 9.95. The molecular formula is C27H32N2O5. The molecule has 4 rings (SSSR count). The number of alkyl carbamates (subject to hydrolysis) is 1. The molecule has 0 bridgehead atoms. The number of carbonyl (C=O) groups is 3. The van der Waals surface area contributed by atoms with Gasteiger partial charge in [0.1, 0.15) is 6.61 Å². The van der Waals surface area contributed by atoms with E-state index in [1.54, 1.807) is 4.90 Å². The van der Waals surface area contributed by atoms with Crippen molar-refractivity contribution in [2.45, 2.75) is 38.5 Å². The van der Waals surface area contributed by atoms with Crippen molar-refractivity contribution >= 4 is 18.0 Å². The molecule has 2 aromatic rings. The van der Waals surface area contributed by atoms with E-state index in [4.69, 9.17) is 4.74 Å². The smallest absolute Gasteiger partial charge is 0.407 e. The summed E-state index contributed by atoms with van der Waals surface area (Å²) in [6.45, 7) is 3.19. The van der Waals surface area contributed by atoms with Crippen LogP contribution in [0, 0.1) is 11.8 Å². The highest BCUT2D eigenvalue weighted by Crippen LogP contribution is 2.44. The van der Waals surface area contributed by atoms with Crippen molar-refractivity contribution in [1.82, 2.24) is 10.2 Å². The van der Waals surface area contributed by atoms with Crippen molar-refractivity contribution < 1.29 is 24.2 Å². The SMILES string of the molecule is CCCC(CNC(=O)OCC1c2ccccc2-c2ccccc21)C(=O)N1CCC[C@@H](C(=O)O)C1. The van der Waals surface area contributed by atoms with Gasteiger partial charge in [-0.3, -0.25) is 9.59 Å². The predicted molar refractivity (Wildman–Crippen MR) is 128 cm³/mol. The molecule has 2 N–H and O–H groups in total. The Balaban J connectivity index is 1.34. The number of likely N-dealkylation sites (tertiary alicyclic amines) is 1. The first-order valence-electron chi connectivity index (χ1n) is 12.1. The van der Waals surface area contributed by atoms with E-state index >= 15 is 0 Å². The molecule has 0 spiro atoms. The number of nitrogens with zero attached hydrogens (tertiary/aromatic N) is 1. The van der Waals surface area contributed by atoms with E-state index in [1.165, 1.54) is 11.1 Å². The molecule has 2 aromatic carbocycles. The average Bonchev–Trinajstić information content (AvgIpc) is 3.18. The molecule has 1 saturated heterocycles. The summed E-state index contributed by atoms with van der Waals surface area (Å²) in [6.07, 6.45) is 2.14. The van der Waals surface area contributed by atoms with Gasteiger partial charge in [-0.15, -0.1) is 0 Å². The lowest BCUT2D eigenvalue weighted by Gasteiger charge is -2.33. The molecular weight excluding hydrogens is 432 g/mol. The van der Waals surface area contributed by atoms with Gasteiger partial charge < -0.3 is 20.1 Å². The first kappa shape index (κ1) is 23.8. The van der Waals surface area contributed by atoms with Gasteiger partial charge in [-0.25, -0.2) is 4.79 Å². The Hall–Kier alpha value is -3.35. The van der Waals surface area contributed by atoms with Crippen molar-refractivity contribution in [1.29, 1.82) is 0 Å². The number of amides is 2. The molecule has 2 amide bonds. The van der Waals surface area contributed by atoms with Gasteiger partial charge in [0.2, 0.25) is 5.91 Å². The number of piperidine rings is 1. The van der Waals surface area contributed by atoms with Crippen LogP contribution in [0.1, 0.15) is 49.7 Å². The predicted octanol–water partition coefficient (Wildman–Crippen LogP) is 4.26. The second-order valence-corrected chi connectivity index (χ2v) is 9.15. The molecule has 2 atom stereocenters. The summed E-state index contributed by atoms with van der Waals surface area (Å²) in [4.78, 5) is 38.6. The van der Waals surface area contributed by atoms with Crippen LogP contribution in [0.3, 0.4) is 0 Å². The van der Waals surface area contributed by atoms with E-state index in [1.807, 2.05) is 31.2 Å². The van der Waals surface area contributed by atoms with Crippen LogP contribution in [-0.2, 0) is 14.3 Å². The van der Waals surface area contributed by atoms with Crippen LogP contribution in [-0.4, -0.2) is 54.2 Å². The maximum Gasteiger partial charge on any atom is 0.407 e. The standard InChI is InChI=1S/C27H32N2O5/c1-2-8-18(25(30)29-14-7-9-19(16-29)26(31)32)15-28-27(33)34-17-24-22-12-5-3-10-20(22)21-11-4-6-13-23(21)24/h3-6,10-13,18-19,24H,2,7-9,14-17H2,1H3,(H,28,33)(H,31,32)/t18?,19-/m1/s1. The average molecular weight is 465 g/mol. The van der Waals surface area contributed by atoms with Crippen molar-refractivity contribution in [3.8, 4) is 11.1 Å². The van der Waals surface area contributed by atoms with Gasteiger partial charge in [0, 0.05) is 25.6 Å². The molecule has 7 heteroatoms. The molecule has 1 aliphatic heterocycles. The van der Waals surface area contributed by atoms with E-state index in [0.717, 1.165) is 17.5 Å². The van der Waals surface area contributed by atoms with Crippen LogP contribution in [0.2, 0.25) is 0 Å². The van der Waals surface area contributed by atoms with Gasteiger partial charge in [-0.05, 0) is 41.5 Å². The number of hydrogen-bond acceptors (Lipinski definition) is 4. The number of carbonyl (C=O) groups excluding carboxylic acids is 2. The normalized spacial score (nSPS) is 18.0. The number of hydrogen-bond donors (Lipinski definition) is 2. The van der Waals surface area contributed by atoms with Crippen LogP contribution in [0.4, 0.5) is 4.79 Å². The zero-order valence-electron chi connectivity index (χ0n) is 19.5. The van der Waals surface area contributed by atoms with Crippen LogP contribution in [0.15, 0.2) is 48.5 Å². The Morgan fingerprint density at radius 1 is 1.09 bits per heavy atom. The van der Waals surface area contributed by atoms with Crippen molar-refractivity contribution in [3.63, 3.8) is 0 Å². The van der Waals surface area contributed by atoms with E-state index in [-0.39, 0.29) is 31.5 Å². The number of nitrogens with one attached hydrogen (secondary N) is 1. The highest BCUT2D eigenvalue weighted by molar-refractivity contribution is 5.81. The van der Waals surface area contributed by atoms with Gasteiger partial charge >= 0.3 is 12.1 Å². The Kier molecular flexibility index (Phi) is 7.50. The van der Waals surface area contributed by atoms with E-state index in [9.17, 15) is 19.5 Å². The molecule has 7 nitrogen and oxygen atoms in total. The number of ether oxygens (including phenoxy) is 1. The maximum atomic E-state index is 13.1. The Bertz CT molecular complexity index is 1010. The Morgan fingerprint density at radius 3 is 2.35 bits per heavy atom. The first-order valence-corrected chi connectivity index (χ1v) is 12.1. The van der Waals surface area contributed by atoms with Crippen LogP contribution >= 0.6 is 0 Å². The molecule has 0 aromatic heterocycles. The molecule has 1 heterocycles. The minimum Gasteiger partial charge on any atom is -0.481 e. The highest BCUT2D eigenvalue weighted by atomic mass is 16.5. The lowest BCUT2D eigenvalue weighted by molar-refractivity contribution is -0.146. The first-order chi connectivity index (χ1) is 16.5. The fourth-order valence-corrected chi connectivity index (χ4v) is 5.15. The zero-order valence-corrected chi connectivity index (χ0v) is 19.5. The van der Waals surface area contributed by atoms with Crippen molar-refractivity contribution in [3.05, 3.63) is 59.7 Å². The zero-order chi connectivity index (χ0) is 24.1. The fraction of sp³-hybridized carbons (Fsp3) is 0.444. The molecule has 1 aliphatic carbocycles. The molecule has 0 saturated carbocycles. The quantitative estimate of drug-likeness (QED) is 0.608. The molecule has 34 heavy (non-hydrogen) atoms. The maximum absolute atomic E-state index is 13.1. The third-order valence-electron chi connectivity index (χ3n) is 6.91. The van der Waals surface area contributed by atoms with Crippen LogP contribution in [0.25, 0.3) is 11.1 Å². The molecule has 0 radical (unpaired) electrons. The van der Waals surface area contributed by atoms with Gasteiger partial charge in [0.05, 0.1) is 11.8 Å². The third-order valence-corrected chi connectivity index (χ3v) is 6.91. The summed E-state index contributed by atoms with van der Waals surface area (Å²) in [5.74, 6) is -1.88. The molecule has 2 aliphatic rings. The Labute approximate surface area is 200 Å². The monoisotopic (exact) mass is 464 g/mol. The van der Waals surface area contributed by atoms with Gasteiger partial charge in [-0.2, -0.15) is 0 Å². The summed E-state index contributed by atoms with van der Waals surface area (Å²) in [5.41, 5.74) is 4.63. The van der Waals surface area contributed by atoms with E-state index in [2.05, 4.69) is 29.6 Å². The molecule has 180 valence electrons. The third kappa shape index (κ3) is 5.08. The van der Waals surface area contributed by atoms with Crippen LogP contribution < -0.4 is 5.32 Å². The molecule has 1 fully saturated rings. The lowest BCUT2D eigenvalue weighted by Crippen LogP contribution is -2.47. The number of carboxylic acid groups (broad SMARTS) is 1. The van der Waals surface area contributed by atoms with Gasteiger partial charge in [-0.1, -0.05) is 61.9 Å². The topological polar surface area (TPSA) is 95.9 Å².